The molecule has 0 fully saturated rings. The summed E-state index contributed by atoms with van der Waals surface area (Å²) in [7, 11) is 0. The Kier molecular flexibility index (Phi) is 7.15. The van der Waals surface area contributed by atoms with Gasteiger partial charge in [0.1, 0.15) is 6.54 Å². The van der Waals surface area contributed by atoms with E-state index < -0.39 is 24.5 Å². The lowest BCUT2D eigenvalue weighted by Crippen LogP contribution is -2.45. The summed E-state index contributed by atoms with van der Waals surface area (Å²) in [4.78, 5) is 36.5. The number of nitrogens with one attached hydrogen (secondary N) is 1. The Balaban J connectivity index is 2.20. The van der Waals surface area contributed by atoms with Crippen molar-refractivity contribution in [2.45, 2.75) is 13.3 Å². The highest BCUT2D eigenvalue weighted by Gasteiger charge is 2.22. The van der Waals surface area contributed by atoms with E-state index in [1.807, 2.05) is 37.3 Å². The fourth-order valence-electron chi connectivity index (χ4n) is 2.32. The van der Waals surface area contributed by atoms with Crippen molar-refractivity contribution in [3.05, 3.63) is 71.3 Å². The number of carbonyl (C=O) groups excluding carboxylic acids is 2. The number of carbonyl (C=O) groups is 3. The third-order valence-electron chi connectivity index (χ3n) is 3.56. The minimum atomic E-state index is -1.18. The van der Waals surface area contributed by atoms with Crippen LogP contribution in [0.2, 0.25) is 0 Å². The van der Waals surface area contributed by atoms with Crippen LogP contribution in [0.5, 0.6) is 0 Å². The Bertz CT molecular complexity index is 882. The maximum absolute atomic E-state index is 12.7. The number of aliphatic carboxylic acids is 1. The van der Waals surface area contributed by atoms with Crippen LogP contribution in [-0.4, -0.2) is 41.0 Å². The van der Waals surface area contributed by atoms with Crippen molar-refractivity contribution >= 4 is 17.9 Å². The monoisotopic (exact) mass is 364 g/mol. The Morgan fingerprint density at radius 1 is 1.00 bits per heavy atom. The molecule has 3 amide bonds. The molecule has 2 aromatic rings. The molecule has 138 valence electrons. The molecule has 0 aliphatic heterocycles. The summed E-state index contributed by atoms with van der Waals surface area (Å²) in [5.41, 5.74) is 1.82. The molecule has 0 spiro atoms. The van der Waals surface area contributed by atoms with E-state index in [0.29, 0.717) is 17.5 Å². The van der Waals surface area contributed by atoms with Crippen LogP contribution in [0.25, 0.3) is 0 Å². The molecule has 0 radical (unpaired) electrons. The molecule has 6 heteroatoms. The number of rotatable bonds is 5. The highest BCUT2D eigenvalue weighted by Crippen LogP contribution is 2.09. The molecule has 6 nitrogen and oxygen atoms in total. The second kappa shape index (κ2) is 9.78. The normalized spacial score (nSPS) is 9.67. The van der Waals surface area contributed by atoms with Crippen LogP contribution in [0.4, 0.5) is 4.79 Å². The molecule has 2 N–H and O–H groups in total. The summed E-state index contributed by atoms with van der Waals surface area (Å²) < 4.78 is 0. The van der Waals surface area contributed by atoms with Crippen molar-refractivity contribution in [2.75, 3.05) is 13.1 Å². The van der Waals surface area contributed by atoms with E-state index in [1.165, 1.54) is 0 Å². The van der Waals surface area contributed by atoms with Crippen LogP contribution >= 0.6 is 0 Å². The number of nitrogens with zero attached hydrogens (tertiary/aromatic N) is 1. The van der Waals surface area contributed by atoms with Crippen molar-refractivity contribution < 1.29 is 19.5 Å². The maximum atomic E-state index is 12.7. The number of amides is 3. The largest absolute Gasteiger partial charge is 0.480 e. The second-order valence-electron chi connectivity index (χ2n) is 5.71. The van der Waals surface area contributed by atoms with Gasteiger partial charge >= 0.3 is 12.0 Å². The van der Waals surface area contributed by atoms with E-state index in [9.17, 15) is 14.4 Å². The number of imide groups is 1. The van der Waals surface area contributed by atoms with E-state index in [1.54, 1.807) is 24.3 Å². The number of hydrogen-bond acceptors (Lipinski definition) is 3. The van der Waals surface area contributed by atoms with E-state index >= 15 is 0 Å². The molecule has 0 bridgehead atoms. The summed E-state index contributed by atoms with van der Waals surface area (Å²) in [6.07, 6.45) is 0.555. The molecule has 2 aromatic carbocycles. The number of carboxylic acid groups (broad SMARTS) is 1. The third-order valence-corrected chi connectivity index (χ3v) is 3.56. The van der Waals surface area contributed by atoms with Crippen LogP contribution < -0.4 is 5.32 Å². The van der Waals surface area contributed by atoms with Gasteiger partial charge in [-0.05, 0) is 36.8 Å². The SMILES string of the molecule is CCCN(C(=O)NCC(=O)O)C(=O)c1cccc(C#Cc2ccccc2)c1. The first-order valence-electron chi connectivity index (χ1n) is 8.50. The molecular formula is C21H20N2O4. The average Bonchev–Trinajstić information content (AvgIpc) is 2.69. The molecule has 0 aliphatic rings. The molecule has 0 saturated carbocycles. The van der Waals surface area contributed by atoms with Gasteiger partial charge in [0.2, 0.25) is 0 Å². The third kappa shape index (κ3) is 6.01. The van der Waals surface area contributed by atoms with Crippen molar-refractivity contribution in [3.8, 4) is 11.8 Å². The summed E-state index contributed by atoms with van der Waals surface area (Å²) in [5, 5.41) is 10.9. The van der Waals surface area contributed by atoms with Crippen LogP contribution in [0, 0.1) is 11.8 Å². The summed E-state index contributed by atoms with van der Waals surface area (Å²) in [5.74, 6) is 4.34. The zero-order chi connectivity index (χ0) is 19.6. The van der Waals surface area contributed by atoms with Crippen LogP contribution in [0.1, 0.15) is 34.8 Å². The smallest absolute Gasteiger partial charge is 0.324 e. The maximum Gasteiger partial charge on any atom is 0.324 e. The molecule has 0 unspecified atom stereocenters. The van der Waals surface area contributed by atoms with Crippen LogP contribution in [0.15, 0.2) is 54.6 Å². The van der Waals surface area contributed by atoms with E-state index in [0.717, 1.165) is 10.5 Å². The topological polar surface area (TPSA) is 86.7 Å². The molecule has 27 heavy (non-hydrogen) atoms. The molecule has 0 heterocycles. The summed E-state index contributed by atoms with van der Waals surface area (Å²) in [6.45, 7) is 1.46. The fourth-order valence-corrected chi connectivity index (χ4v) is 2.32. The highest BCUT2D eigenvalue weighted by atomic mass is 16.4. The number of urea groups is 1. The fraction of sp³-hybridized carbons (Fsp3) is 0.190. The van der Waals surface area contributed by atoms with Crippen molar-refractivity contribution in [3.63, 3.8) is 0 Å². The lowest BCUT2D eigenvalue weighted by molar-refractivity contribution is -0.135. The quantitative estimate of drug-likeness (QED) is 0.799. The molecular weight excluding hydrogens is 344 g/mol. The van der Waals surface area contributed by atoms with Gasteiger partial charge < -0.3 is 10.4 Å². The first-order chi connectivity index (χ1) is 13.0. The lowest BCUT2D eigenvalue weighted by atomic mass is 10.1. The zero-order valence-electron chi connectivity index (χ0n) is 14.9. The molecule has 0 atom stereocenters. The van der Waals surface area contributed by atoms with Crippen LogP contribution in [-0.2, 0) is 4.79 Å². The lowest BCUT2D eigenvalue weighted by Gasteiger charge is -2.20. The number of carboxylic acids is 1. The van der Waals surface area contributed by atoms with Gasteiger partial charge in [-0.15, -0.1) is 0 Å². The molecule has 0 aromatic heterocycles. The van der Waals surface area contributed by atoms with E-state index in [4.69, 9.17) is 5.11 Å². The minimum Gasteiger partial charge on any atom is -0.480 e. The van der Waals surface area contributed by atoms with Gasteiger partial charge in [0.25, 0.3) is 5.91 Å². The second-order valence-corrected chi connectivity index (χ2v) is 5.71. The van der Waals surface area contributed by atoms with Gasteiger partial charge in [0, 0.05) is 23.2 Å². The summed E-state index contributed by atoms with van der Waals surface area (Å²) >= 11 is 0. The minimum absolute atomic E-state index is 0.185. The Morgan fingerprint density at radius 3 is 2.33 bits per heavy atom. The first-order valence-corrected chi connectivity index (χ1v) is 8.50. The van der Waals surface area contributed by atoms with Gasteiger partial charge in [-0.3, -0.25) is 14.5 Å². The molecule has 2 rings (SSSR count). The predicted molar refractivity (Wildman–Crippen MR) is 101 cm³/mol. The van der Waals surface area contributed by atoms with Gasteiger partial charge in [-0.25, -0.2) is 4.79 Å². The molecule has 0 saturated heterocycles. The van der Waals surface area contributed by atoms with Crippen molar-refractivity contribution in [1.82, 2.24) is 10.2 Å². The van der Waals surface area contributed by atoms with Crippen LogP contribution in [0.3, 0.4) is 0 Å². The number of benzene rings is 2. The number of hydrogen-bond donors (Lipinski definition) is 2. The van der Waals surface area contributed by atoms with Crippen molar-refractivity contribution in [1.29, 1.82) is 0 Å². The van der Waals surface area contributed by atoms with Gasteiger partial charge in [0.05, 0.1) is 0 Å². The predicted octanol–water partition coefficient (Wildman–Crippen LogP) is 2.73. The van der Waals surface area contributed by atoms with Gasteiger partial charge in [0.15, 0.2) is 0 Å². The average molecular weight is 364 g/mol. The van der Waals surface area contributed by atoms with Gasteiger partial charge in [-0.1, -0.05) is 43.0 Å². The highest BCUT2D eigenvalue weighted by molar-refractivity contribution is 6.04. The van der Waals surface area contributed by atoms with E-state index in [-0.39, 0.29) is 6.54 Å². The first kappa shape index (κ1) is 19.7. The van der Waals surface area contributed by atoms with Crippen molar-refractivity contribution in [2.24, 2.45) is 0 Å². The molecule has 0 aliphatic carbocycles. The Hall–Kier alpha value is -3.59. The van der Waals surface area contributed by atoms with E-state index in [2.05, 4.69) is 17.2 Å². The van der Waals surface area contributed by atoms with Gasteiger partial charge in [-0.2, -0.15) is 0 Å². The Morgan fingerprint density at radius 2 is 1.67 bits per heavy atom. The zero-order valence-corrected chi connectivity index (χ0v) is 14.9. The Labute approximate surface area is 157 Å². The standard InChI is InChI=1S/C21H20N2O4/c1-2-13-23(21(27)22-15-19(24)25)20(26)18-10-6-9-17(14-18)12-11-16-7-4-3-5-8-16/h3-10,14H,2,13,15H2,1H3,(H,22,27)(H,24,25). The summed E-state index contributed by atoms with van der Waals surface area (Å²) in [6, 6.07) is 15.4.